The van der Waals surface area contributed by atoms with Gasteiger partial charge in [0.2, 0.25) is 5.91 Å². The first kappa shape index (κ1) is 20.5. The van der Waals surface area contributed by atoms with Gasteiger partial charge in [0, 0.05) is 12.7 Å². The van der Waals surface area contributed by atoms with Crippen LogP contribution in [-0.2, 0) is 19.1 Å². The molecular formula is C16H19NO7S. The summed E-state index contributed by atoms with van der Waals surface area (Å²) in [7, 11) is 1.22. The van der Waals surface area contributed by atoms with Crippen molar-refractivity contribution in [3.05, 3.63) is 29.8 Å². The minimum atomic E-state index is -0.981. The van der Waals surface area contributed by atoms with Crippen molar-refractivity contribution in [2.45, 2.75) is 19.9 Å². The van der Waals surface area contributed by atoms with Crippen LogP contribution in [0, 0.1) is 0 Å². The second-order valence-electron chi connectivity index (χ2n) is 4.66. The highest BCUT2D eigenvalue weighted by molar-refractivity contribution is 8.13. The third-order valence-electron chi connectivity index (χ3n) is 2.80. The van der Waals surface area contributed by atoms with Gasteiger partial charge in [-0.25, -0.2) is 14.4 Å². The fourth-order valence-electron chi connectivity index (χ4n) is 1.76. The third-order valence-corrected chi connectivity index (χ3v) is 3.62. The van der Waals surface area contributed by atoms with Crippen molar-refractivity contribution in [3.63, 3.8) is 0 Å². The van der Waals surface area contributed by atoms with E-state index in [4.69, 9.17) is 9.47 Å². The van der Waals surface area contributed by atoms with Crippen LogP contribution in [0.25, 0.3) is 0 Å². The zero-order valence-corrected chi connectivity index (χ0v) is 14.9. The van der Waals surface area contributed by atoms with Gasteiger partial charge in [0.15, 0.2) is 0 Å². The van der Waals surface area contributed by atoms with Crippen molar-refractivity contribution in [1.82, 2.24) is 5.32 Å². The Bertz CT molecular complexity index is 647. The summed E-state index contributed by atoms with van der Waals surface area (Å²) in [6.45, 7) is 3.03. The molecule has 1 aromatic carbocycles. The van der Waals surface area contributed by atoms with Gasteiger partial charge in [0.25, 0.3) is 0 Å². The molecule has 0 saturated carbocycles. The van der Waals surface area contributed by atoms with Crippen LogP contribution >= 0.6 is 11.8 Å². The van der Waals surface area contributed by atoms with Crippen LogP contribution in [0.15, 0.2) is 24.3 Å². The zero-order valence-electron chi connectivity index (χ0n) is 14.1. The lowest BCUT2D eigenvalue weighted by atomic mass is 10.2. The maximum absolute atomic E-state index is 12.0. The Morgan fingerprint density at radius 2 is 1.88 bits per heavy atom. The standard InChI is InChI=1S/C16H19NO7S/c1-4-23-15(20)12(17-10(2)18)9-25-16(21)24-13-8-6-5-7-11(13)14(19)22-3/h5-8,12H,4,9H2,1-3H3,(H,17,18). The first-order chi connectivity index (χ1) is 11.9. The highest BCUT2D eigenvalue weighted by Crippen LogP contribution is 2.21. The molecule has 1 rings (SSSR count). The second-order valence-corrected chi connectivity index (χ2v) is 5.61. The molecule has 0 aromatic heterocycles. The molecule has 0 aliphatic carbocycles. The summed E-state index contributed by atoms with van der Waals surface area (Å²) in [6, 6.07) is 5.12. The number of esters is 2. The van der Waals surface area contributed by atoms with Gasteiger partial charge in [0.1, 0.15) is 17.4 Å². The molecule has 1 amide bonds. The van der Waals surface area contributed by atoms with Gasteiger partial charge < -0.3 is 19.5 Å². The van der Waals surface area contributed by atoms with E-state index >= 15 is 0 Å². The second kappa shape index (κ2) is 10.3. The molecule has 0 aliphatic rings. The van der Waals surface area contributed by atoms with Crippen LogP contribution in [0.2, 0.25) is 0 Å². The summed E-state index contributed by atoms with van der Waals surface area (Å²) >= 11 is 0.675. The Kier molecular flexibility index (Phi) is 8.48. The number of hydrogen-bond donors (Lipinski definition) is 1. The van der Waals surface area contributed by atoms with Crippen LogP contribution in [-0.4, -0.2) is 48.7 Å². The molecule has 25 heavy (non-hydrogen) atoms. The summed E-state index contributed by atoms with van der Waals surface area (Å²) < 4.78 is 14.6. The monoisotopic (exact) mass is 369 g/mol. The minimum absolute atomic E-state index is 0.0408. The molecule has 0 heterocycles. The molecule has 0 saturated heterocycles. The number of ether oxygens (including phenoxy) is 3. The smallest absolute Gasteiger partial charge is 0.372 e. The van der Waals surface area contributed by atoms with E-state index in [0.29, 0.717) is 11.8 Å². The van der Waals surface area contributed by atoms with Gasteiger partial charge in [0.05, 0.1) is 13.7 Å². The van der Waals surface area contributed by atoms with E-state index in [1.807, 2.05) is 0 Å². The molecule has 1 unspecified atom stereocenters. The highest BCUT2D eigenvalue weighted by atomic mass is 32.2. The quantitative estimate of drug-likeness (QED) is 0.725. The number of methoxy groups -OCH3 is 1. The Hall–Kier alpha value is -2.55. The molecule has 1 N–H and O–H groups in total. The van der Waals surface area contributed by atoms with E-state index in [-0.39, 0.29) is 23.7 Å². The number of benzene rings is 1. The van der Waals surface area contributed by atoms with Crippen molar-refractivity contribution in [2.75, 3.05) is 19.5 Å². The van der Waals surface area contributed by atoms with E-state index < -0.39 is 29.2 Å². The number of nitrogens with one attached hydrogen (secondary N) is 1. The summed E-state index contributed by atoms with van der Waals surface area (Å²) in [4.78, 5) is 46.5. The average Bonchev–Trinajstić information content (AvgIpc) is 2.58. The molecule has 0 bridgehead atoms. The Morgan fingerprint density at radius 1 is 1.20 bits per heavy atom. The molecule has 136 valence electrons. The Balaban J connectivity index is 2.71. The largest absolute Gasteiger partial charge is 0.465 e. The maximum Gasteiger partial charge on any atom is 0.372 e. The first-order valence-corrected chi connectivity index (χ1v) is 8.33. The van der Waals surface area contributed by atoms with Crippen molar-refractivity contribution >= 4 is 34.9 Å². The van der Waals surface area contributed by atoms with Crippen LogP contribution in [0.1, 0.15) is 24.2 Å². The van der Waals surface area contributed by atoms with Crippen molar-refractivity contribution in [3.8, 4) is 5.75 Å². The third kappa shape index (κ3) is 6.84. The number of carbonyl (C=O) groups is 4. The molecule has 9 heteroatoms. The predicted molar refractivity (Wildman–Crippen MR) is 90.5 cm³/mol. The number of para-hydroxylation sites is 1. The van der Waals surface area contributed by atoms with Crippen molar-refractivity contribution in [1.29, 1.82) is 0 Å². The van der Waals surface area contributed by atoms with E-state index in [1.165, 1.54) is 26.2 Å². The normalized spacial score (nSPS) is 11.2. The summed E-state index contributed by atoms with van der Waals surface area (Å²) in [5, 5.41) is 1.67. The average molecular weight is 369 g/mol. The molecule has 0 aliphatic heterocycles. The molecule has 1 aromatic rings. The minimum Gasteiger partial charge on any atom is -0.465 e. The molecule has 0 spiro atoms. The number of hydrogen-bond acceptors (Lipinski definition) is 8. The summed E-state index contributed by atoms with van der Waals surface area (Å²) in [5.41, 5.74) is 0.0998. The highest BCUT2D eigenvalue weighted by Gasteiger charge is 2.23. The lowest BCUT2D eigenvalue weighted by molar-refractivity contribution is -0.146. The van der Waals surface area contributed by atoms with Crippen LogP contribution in [0.5, 0.6) is 5.75 Å². The van der Waals surface area contributed by atoms with Crippen LogP contribution in [0.4, 0.5) is 4.79 Å². The molecule has 1 atom stereocenters. The van der Waals surface area contributed by atoms with E-state index in [1.54, 1.807) is 19.1 Å². The molecular weight excluding hydrogens is 350 g/mol. The molecule has 0 fully saturated rings. The van der Waals surface area contributed by atoms with Crippen LogP contribution < -0.4 is 10.1 Å². The van der Waals surface area contributed by atoms with E-state index in [9.17, 15) is 19.2 Å². The van der Waals surface area contributed by atoms with Gasteiger partial charge in [-0.15, -0.1) is 0 Å². The predicted octanol–water partition coefficient (Wildman–Crippen LogP) is 1.77. The summed E-state index contributed by atoms with van der Waals surface area (Å²) in [6.07, 6.45) is 0. The van der Waals surface area contributed by atoms with E-state index in [2.05, 4.69) is 10.1 Å². The maximum atomic E-state index is 12.0. The van der Waals surface area contributed by atoms with Crippen LogP contribution in [0.3, 0.4) is 0 Å². The summed E-state index contributed by atoms with van der Waals surface area (Å²) in [5.74, 6) is -1.75. The topological polar surface area (TPSA) is 108 Å². The van der Waals surface area contributed by atoms with Gasteiger partial charge in [-0.2, -0.15) is 0 Å². The van der Waals surface area contributed by atoms with Crippen molar-refractivity contribution < 1.29 is 33.4 Å². The van der Waals surface area contributed by atoms with E-state index in [0.717, 1.165) is 0 Å². The van der Waals surface area contributed by atoms with Gasteiger partial charge >= 0.3 is 17.2 Å². The fraction of sp³-hybridized carbons (Fsp3) is 0.375. The van der Waals surface area contributed by atoms with Gasteiger partial charge in [-0.05, 0) is 30.8 Å². The zero-order chi connectivity index (χ0) is 18.8. The molecule has 0 radical (unpaired) electrons. The number of thioether (sulfide) groups is 1. The fourth-order valence-corrected chi connectivity index (χ4v) is 2.43. The SMILES string of the molecule is CCOC(=O)C(CSC(=O)Oc1ccccc1C(=O)OC)NC(C)=O. The lowest BCUT2D eigenvalue weighted by Crippen LogP contribution is -2.43. The van der Waals surface area contributed by atoms with Gasteiger partial charge in [-0.3, -0.25) is 4.79 Å². The lowest BCUT2D eigenvalue weighted by Gasteiger charge is -2.15. The first-order valence-electron chi connectivity index (χ1n) is 7.34. The number of carbonyl (C=O) groups excluding carboxylic acids is 4. The number of rotatable bonds is 7. The molecule has 8 nitrogen and oxygen atoms in total. The van der Waals surface area contributed by atoms with Gasteiger partial charge in [-0.1, -0.05) is 12.1 Å². The Morgan fingerprint density at radius 3 is 2.48 bits per heavy atom. The Labute approximate surface area is 149 Å². The van der Waals surface area contributed by atoms with Crippen molar-refractivity contribution in [2.24, 2.45) is 0 Å². The number of amides is 1.